The zero-order chi connectivity index (χ0) is 13.3. The lowest BCUT2D eigenvalue weighted by atomic mass is 9.93. The first-order chi connectivity index (χ1) is 8.49. The molecule has 1 aromatic heterocycles. The molecule has 0 amide bonds. The number of nitrogens with zero attached hydrogens (tertiary/aromatic N) is 4. The van der Waals surface area contributed by atoms with Gasteiger partial charge in [0.2, 0.25) is 5.15 Å². The molecule has 1 atom stereocenters. The van der Waals surface area contributed by atoms with E-state index in [4.69, 9.17) is 16.4 Å². The van der Waals surface area contributed by atoms with Crippen molar-refractivity contribution >= 4 is 23.7 Å². The Morgan fingerprint density at radius 3 is 2.78 bits per heavy atom. The van der Waals surface area contributed by atoms with Crippen LogP contribution >= 0.6 is 11.6 Å². The van der Waals surface area contributed by atoms with Crippen LogP contribution in [0.15, 0.2) is 11.3 Å². The van der Waals surface area contributed by atoms with E-state index in [2.05, 4.69) is 20.4 Å². The van der Waals surface area contributed by atoms with Gasteiger partial charge in [-0.1, -0.05) is 25.4 Å². The first-order valence-corrected chi connectivity index (χ1v) is 5.48. The zero-order valence-corrected chi connectivity index (χ0v) is 10.4. The molecule has 0 aromatic carbocycles. The standard InChI is InChI=1S/C9H10ClN5O3/c1-5(2)9(13-4-18-14-9)7-6(15(16)17)8(10)12-3-11-7/h3-5,14H,1-2H3. The molecule has 18 heavy (non-hydrogen) atoms. The van der Waals surface area contributed by atoms with E-state index >= 15 is 0 Å². The minimum absolute atomic E-state index is 0.0799. The van der Waals surface area contributed by atoms with Crippen LogP contribution in [0.3, 0.4) is 0 Å². The van der Waals surface area contributed by atoms with Crippen LogP contribution in [0, 0.1) is 16.0 Å². The molecule has 96 valence electrons. The lowest BCUT2D eigenvalue weighted by Gasteiger charge is -2.27. The zero-order valence-electron chi connectivity index (χ0n) is 9.62. The molecule has 8 nitrogen and oxygen atoms in total. The molecule has 0 saturated carbocycles. The third-order valence-corrected chi connectivity index (χ3v) is 2.96. The molecular formula is C9H10ClN5O3. The Morgan fingerprint density at radius 2 is 2.28 bits per heavy atom. The minimum Gasteiger partial charge on any atom is -0.394 e. The summed E-state index contributed by atoms with van der Waals surface area (Å²) < 4.78 is 0. The number of halogens is 1. The van der Waals surface area contributed by atoms with E-state index in [1.54, 1.807) is 0 Å². The second kappa shape index (κ2) is 4.46. The molecule has 0 saturated heterocycles. The Labute approximate surface area is 107 Å². The van der Waals surface area contributed by atoms with Gasteiger partial charge >= 0.3 is 5.69 Å². The smallest absolute Gasteiger partial charge is 0.331 e. The monoisotopic (exact) mass is 271 g/mol. The number of nitrogens with one attached hydrogen (secondary N) is 1. The molecule has 9 heteroatoms. The van der Waals surface area contributed by atoms with Crippen LogP contribution in [0.1, 0.15) is 19.5 Å². The van der Waals surface area contributed by atoms with E-state index in [0.29, 0.717) is 0 Å². The summed E-state index contributed by atoms with van der Waals surface area (Å²) in [6, 6.07) is 0. The second-order valence-electron chi connectivity index (χ2n) is 3.99. The molecule has 0 aliphatic carbocycles. The van der Waals surface area contributed by atoms with Crippen molar-refractivity contribution in [2.75, 3.05) is 0 Å². The fraction of sp³-hybridized carbons (Fsp3) is 0.444. The molecule has 1 aliphatic rings. The number of aromatic nitrogens is 2. The Hall–Kier alpha value is -1.80. The van der Waals surface area contributed by atoms with E-state index in [-0.39, 0.29) is 22.5 Å². The van der Waals surface area contributed by atoms with E-state index in [0.717, 1.165) is 6.33 Å². The Bertz CT molecular complexity index is 521. The topological polar surface area (TPSA) is 103 Å². The Kier molecular flexibility index (Phi) is 3.14. The second-order valence-corrected chi connectivity index (χ2v) is 4.35. The van der Waals surface area contributed by atoms with Gasteiger partial charge in [-0.05, 0) is 0 Å². The predicted molar refractivity (Wildman–Crippen MR) is 62.9 cm³/mol. The van der Waals surface area contributed by atoms with Crippen molar-refractivity contribution in [1.29, 1.82) is 0 Å². The first kappa shape index (κ1) is 12.7. The number of hydrogen-bond acceptors (Lipinski definition) is 7. The van der Waals surface area contributed by atoms with Crippen molar-refractivity contribution in [3.63, 3.8) is 0 Å². The number of aliphatic imine (C=N–C) groups is 1. The molecule has 2 rings (SSSR count). The van der Waals surface area contributed by atoms with Gasteiger partial charge in [0, 0.05) is 5.92 Å². The normalized spacial score (nSPS) is 22.2. The number of hydroxylamine groups is 1. The fourth-order valence-corrected chi connectivity index (χ4v) is 1.90. The maximum Gasteiger partial charge on any atom is 0.331 e. The Balaban J connectivity index is 2.66. The molecule has 2 heterocycles. The van der Waals surface area contributed by atoms with Crippen LogP contribution in [0.25, 0.3) is 0 Å². The SMILES string of the molecule is CC(C)C1(c2ncnc(Cl)c2[N+](=O)[O-])N=CON1. The van der Waals surface area contributed by atoms with Crippen molar-refractivity contribution in [2.24, 2.45) is 10.9 Å². The van der Waals surface area contributed by atoms with Gasteiger partial charge < -0.3 is 4.84 Å². The molecular weight excluding hydrogens is 262 g/mol. The average molecular weight is 272 g/mol. The minimum atomic E-state index is -1.13. The van der Waals surface area contributed by atoms with Crippen LogP contribution in [0.4, 0.5) is 5.69 Å². The summed E-state index contributed by atoms with van der Waals surface area (Å²) in [7, 11) is 0. The van der Waals surface area contributed by atoms with E-state index in [1.807, 2.05) is 13.8 Å². The first-order valence-electron chi connectivity index (χ1n) is 5.11. The van der Waals surface area contributed by atoms with Crippen LogP contribution in [0.2, 0.25) is 5.15 Å². The summed E-state index contributed by atoms with van der Waals surface area (Å²) in [5.41, 5.74) is 1.21. The van der Waals surface area contributed by atoms with Gasteiger partial charge in [0.05, 0.1) is 4.92 Å². The summed E-state index contributed by atoms with van der Waals surface area (Å²) in [6.07, 6.45) is 2.34. The van der Waals surface area contributed by atoms with Gasteiger partial charge in [0.25, 0.3) is 0 Å². The molecule has 0 bridgehead atoms. The third kappa shape index (κ3) is 1.79. The molecule has 1 N–H and O–H groups in total. The highest BCUT2D eigenvalue weighted by molar-refractivity contribution is 6.31. The van der Waals surface area contributed by atoms with Gasteiger partial charge in [-0.25, -0.2) is 15.0 Å². The van der Waals surface area contributed by atoms with Crippen molar-refractivity contribution in [3.8, 4) is 0 Å². The average Bonchev–Trinajstić information content (AvgIpc) is 2.78. The summed E-state index contributed by atoms with van der Waals surface area (Å²) >= 11 is 5.76. The molecule has 0 fully saturated rings. The highest BCUT2D eigenvalue weighted by atomic mass is 35.5. The summed E-state index contributed by atoms with van der Waals surface area (Å²) in [5, 5.41) is 10.9. The van der Waals surface area contributed by atoms with Gasteiger partial charge in [0.15, 0.2) is 17.8 Å². The molecule has 0 spiro atoms. The quantitative estimate of drug-likeness (QED) is 0.506. The maximum atomic E-state index is 11.1. The highest BCUT2D eigenvalue weighted by Crippen LogP contribution is 2.39. The number of nitro groups is 1. The third-order valence-electron chi connectivity index (χ3n) is 2.68. The van der Waals surface area contributed by atoms with Crippen molar-refractivity contribution < 1.29 is 9.76 Å². The van der Waals surface area contributed by atoms with Crippen molar-refractivity contribution in [1.82, 2.24) is 15.4 Å². The van der Waals surface area contributed by atoms with E-state index < -0.39 is 10.6 Å². The molecule has 1 aliphatic heterocycles. The number of hydrogen-bond donors (Lipinski definition) is 1. The van der Waals surface area contributed by atoms with E-state index in [9.17, 15) is 10.1 Å². The lowest BCUT2D eigenvalue weighted by molar-refractivity contribution is -0.386. The molecule has 1 aromatic rings. The molecule has 0 radical (unpaired) electrons. The largest absolute Gasteiger partial charge is 0.394 e. The van der Waals surface area contributed by atoms with Gasteiger partial charge in [-0.2, -0.15) is 0 Å². The number of rotatable bonds is 3. The van der Waals surface area contributed by atoms with Gasteiger partial charge in [-0.3, -0.25) is 10.1 Å². The van der Waals surface area contributed by atoms with Crippen LogP contribution in [-0.4, -0.2) is 21.3 Å². The van der Waals surface area contributed by atoms with Gasteiger partial charge in [-0.15, -0.1) is 5.48 Å². The van der Waals surface area contributed by atoms with Crippen LogP contribution in [0.5, 0.6) is 0 Å². The summed E-state index contributed by atoms with van der Waals surface area (Å²) in [4.78, 5) is 27.0. The fourth-order valence-electron chi connectivity index (χ4n) is 1.70. The Morgan fingerprint density at radius 1 is 1.56 bits per heavy atom. The summed E-state index contributed by atoms with van der Waals surface area (Å²) in [5.74, 6) is -0.138. The van der Waals surface area contributed by atoms with E-state index in [1.165, 1.54) is 6.40 Å². The summed E-state index contributed by atoms with van der Waals surface area (Å²) in [6.45, 7) is 3.66. The van der Waals surface area contributed by atoms with Crippen molar-refractivity contribution in [3.05, 3.63) is 27.3 Å². The van der Waals surface area contributed by atoms with Gasteiger partial charge in [0.1, 0.15) is 6.33 Å². The lowest BCUT2D eigenvalue weighted by Crippen LogP contribution is -2.42. The van der Waals surface area contributed by atoms with Crippen LogP contribution in [-0.2, 0) is 10.5 Å². The molecule has 1 unspecified atom stereocenters. The van der Waals surface area contributed by atoms with Crippen LogP contribution < -0.4 is 5.48 Å². The van der Waals surface area contributed by atoms with Crippen molar-refractivity contribution in [2.45, 2.75) is 19.5 Å². The predicted octanol–water partition coefficient (Wildman–Crippen LogP) is 1.41. The highest BCUT2D eigenvalue weighted by Gasteiger charge is 2.46. The maximum absolute atomic E-state index is 11.1.